The fourth-order valence-electron chi connectivity index (χ4n) is 8.28. The molecule has 0 N–H and O–H groups in total. The average molecular weight is 926 g/mol. The third-order valence-electron chi connectivity index (χ3n) is 12.6. The van der Waals surface area contributed by atoms with Crippen LogP contribution in [0.3, 0.4) is 0 Å². The maximum atomic E-state index is 12.9. The van der Waals surface area contributed by atoms with E-state index in [0.29, 0.717) is 19.3 Å². The average Bonchev–Trinajstić information content (AvgIpc) is 3.31. The Morgan fingerprint density at radius 1 is 0.318 bits per heavy atom. The minimum atomic E-state index is -0.778. The van der Waals surface area contributed by atoms with Gasteiger partial charge in [-0.05, 0) is 77.0 Å². The van der Waals surface area contributed by atoms with Gasteiger partial charge in [0.25, 0.3) is 0 Å². The lowest BCUT2D eigenvalue weighted by Gasteiger charge is -2.18. The molecule has 0 radical (unpaired) electrons. The predicted octanol–water partition coefficient (Wildman–Crippen LogP) is 19.0. The molecule has 0 aromatic heterocycles. The smallest absolute Gasteiger partial charge is 0.306 e. The van der Waals surface area contributed by atoms with Gasteiger partial charge in [0, 0.05) is 19.3 Å². The number of carbonyl (C=O) groups excluding carboxylic acids is 3. The predicted molar refractivity (Wildman–Crippen MR) is 284 cm³/mol. The first kappa shape index (κ1) is 63.4. The SMILES string of the molecule is CC/C=C\C/C=C\C/C=C\CCCCCCCCCC(=O)OCC(COC(=O)CCCCCCC/C=C\CCCCCCCC)OC(=O)CCCCCCCCCCCCCCCCCC. The molecule has 0 aliphatic heterocycles. The summed E-state index contributed by atoms with van der Waals surface area (Å²) >= 11 is 0. The summed E-state index contributed by atoms with van der Waals surface area (Å²) in [5.41, 5.74) is 0. The quantitative estimate of drug-likeness (QED) is 0.0262. The molecule has 0 aliphatic carbocycles. The van der Waals surface area contributed by atoms with Crippen molar-refractivity contribution in [3.8, 4) is 0 Å². The van der Waals surface area contributed by atoms with Crippen molar-refractivity contribution in [2.24, 2.45) is 0 Å². The number of unbranched alkanes of at least 4 members (excludes halogenated alkanes) is 33. The third kappa shape index (κ3) is 52.3. The highest BCUT2D eigenvalue weighted by molar-refractivity contribution is 5.71. The molecule has 0 heterocycles. The number of hydrogen-bond donors (Lipinski definition) is 0. The zero-order valence-corrected chi connectivity index (χ0v) is 44.0. The second-order valence-corrected chi connectivity index (χ2v) is 19.2. The van der Waals surface area contributed by atoms with Gasteiger partial charge in [0.05, 0.1) is 0 Å². The molecule has 0 rings (SSSR count). The van der Waals surface area contributed by atoms with Gasteiger partial charge in [-0.2, -0.15) is 0 Å². The highest BCUT2D eigenvalue weighted by atomic mass is 16.6. The number of allylic oxidation sites excluding steroid dienone is 8. The molecule has 66 heavy (non-hydrogen) atoms. The maximum absolute atomic E-state index is 12.9. The Morgan fingerprint density at radius 2 is 0.591 bits per heavy atom. The van der Waals surface area contributed by atoms with Crippen LogP contribution in [0.5, 0.6) is 0 Å². The Kier molecular flexibility index (Phi) is 52.8. The van der Waals surface area contributed by atoms with E-state index >= 15 is 0 Å². The molecule has 0 aliphatic rings. The second-order valence-electron chi connectivity index (χ2n) is 19.2. The van der Waals surface area contributed by atoms with E-state index in [1.165, 1.54) is 167 Å². The molecule has 0 amide bonds. The number of ether oxygens (including phenoxy) is 3. The van der Waals surface area contributed by atoms with Gasteiger partial charge >= 0.3 is 17.9 Å². The van der Waals surface area contributed by atoms with Crippen molar-refractivity contribution in [2.45, 2.75) is 303 Å². The van der Waals surface area contributed by atoms with Crippen molar-refractivity contribution >= 4 is 17.9 Å². The van der Waals surface area contributed by atoms with Gasteiger partial charge in [-0.15, -0.1) is 0 Å². The van der Waals surface area contributed by atoms with Crippen molar-refractivity contribution in [1.82, 2.24) is 0 Å². The number of esters is 3. The normalized spacial score (nSPS) is 12.3. The largest absolute Gasteiger partial charge is 0.462 e. The van der Waals surface area contributed by atoms with Crippen LogP contribution < -0.4 is 0 Å². The van der Waals surface area contributed by atoms with E-state index in [-0.39, 0.29) is 31.1 Å². The summed E-state index contributed by atoms with van der Waals surface area (Å²) in [6.07, 6.45) is 66.7. The summed E-state index contributed by atoms with van der Waals surface area (Å²) in [7, 11) is 0. The minimum absolute atomic E-state index is 0.0777. The lowest BCUT2D eigenvalue weighted by atomic mass is 10.0. The van der Waals surface area contributed by atoms with E-state index in [4.69, 9.17) is 14.2 Å². The summed E-state index contributed by atoms with van der Waals surface area (Å²) in [5, 5.41) is 0. The Bertz CT molecular complexity index is 1150. The van der Waals surface area contributed by atoms with Gasteiger partial charge in [-0.25, -0.2) is 0 Å². The molecule has 0 fully saturated rings. The topological polar surface area (TPSA) is 78.9 Å². The highest BCUT2D eigenvalue weighted by Crippen LogP contribution is 2.16. The van der Waals surface area contributed by atoms with Crippen LogP contribution in [-0.4, -0.2) is 37.2 Å². The van der Waals surface area contributed by atoms with Crippen LogP contribution in [-0.2, 0) is 28.6 Å². The van der Waals surface area contributed by atoms with Crippen LogP contribution in [0.25, 0.3) is 0 Å². The standard InChI is InChI=1S/C60H108O6/c1-4-7-10-13-16-19-22-25-28-30-33-35-38-41-44-47-50-53-59(62)65-56-57(55-64-58(61)52-49-46-43-40-37-34-31-27-24-21-18-15-12-9-6-3)66-60(63)54-51-48-45-42-39-36-32-29-26-23-20-17-14-11-8-5-2/h7,10,16,19,25,27-28,31,57H,4-6,8-9,11-15,17-18,20-24,26,29-30,32-56H2,1-3H3/b10-7-,19-16-,28-25-,31-27-. The summed E-state index contributed by atoms with van der Waals surface area (Å²) in [6, 6.07) is 0. The molecule has 6 heteroatoms. The van der Waals surface area contributed by atoms with Crippen molar-refractivity contribution in [1.29, 1.82) is 0 Å². The van der Waals surface area contributed by atoms with Crippen LogP contribution in [0.15, 0.2) is 48.6 Å². The van der Waals surface area contributed by atoms with Gasteiger partial charge in [-0.1, -0.05) is 249 Å². The van der Waals surface area contributed by atoms with Crippen LogP contribution >= 0.6 is 0 Å². The molecule has 0 bridgehead atoms. The first-order valence-corrected chi connectivity index (χ1v) is 28.6. The first-order valence-electron chi connectivity index (χ1n) is 28.6. The van der Waals surface area contributed by atoms with Crippen molar-refractivity contribution in [2.75, 3.05) is 13.2 Å². The van der Waals surface area contributed by atoms with E-state index in [9.17, 15) is 14.4 Å². The molecule has 6 nitrogen and oxygen atoms in total. The van der Waals surface area contributed by atoms with E-state index in [2.05, 4.69) is 69.4 Å². The first-order chi connectivity index (χ1) is 32.5. The second kappa shape index (κ2) is 55.0. The molecule has 384 valence electrons. The Morgan fingerprint density at radius 3 is 0.939 bits per heavy atom. The summed E-state index contributed by atoms with van der Waals surface area (Å²) in [6.45, 7) is 6.54. The lowest BCUT2D eigenvalue weighted by Crippen LogP contribution is -2.30. The van der Waals surface area contributed by atoms with E-state index in [0.717, 1.165) is 89.9 Å². The molecular formula is C60H108O6. The lowest BCUT2D eigenvalue weighted by molar-refractivity contribution is -0.167. The fraction of sp³-hybridized carbons (Fsp3) is 0.817. The van der Waals surface area contributed by atoms with Crippen molar-refractivity contribution in [3.05, 3.63) is 48.6 Å². The number of carbonyl (C=O) groups is 3. The monoisotopic (exact) mass is 925 g/mol. The molecule has 0 saturated carbocycles. The minimum Gasteiger partial charge on any atom is -0.462 e. The number of rotatable bonds is 52. The molecule has 0 spiro atoms. The Hall–Kier alpha value is -2.63. The summed E-state index contributed by atoms with van der Waals surface area (Å²) in [4.78, 5) is 38.1. The zero-order valence-electron chi connectivity index (χ0n) is 44.0. The van der Waals surface area contributed by atoms with E-state index in [1.807, 2.05) is 0 Å². The van der Waals surface area contributed by atoms with Crippen LogP contribution in [0.2, 0.25) is 0 Å². The molecule has 0 aromatic carbocycles. The summed E-state index contributed by atoms with van der Waals surface area (Å²) < 4.78 is 16.9. The maximum Gasteiger partial charge on any atom is 0.306 e. The van der Waals surface area contributed by atoms with Gasteiger partial charge in [-0.3, -0.25) is 14.4 Å². The van der Waals surface area contributed by atoms with Crippen molar-refractivity contribution < 1.29 is 28.6 Å². The fourth-order valence-corrected chi connectivity index (χ4v) is 8.28. The Balaban J connectivity index is 4.37. The van der Waals surface area contributed by atoms with Crippen LogP contribution in [0.4, 0.5) is 0 Å². The molecule has 1 atom stereocenters. The van der Waals surface area contributed by atoms with Gasteiger partial charge in [0.1, 0.15) is 13.2 Å². The van der Waals surface area contributed by atoms with Crippen molar-refractivity contribution in [3.63, 3.8) is 0 Å². The van der Waals surface area contributed by atoms with E-state index in [1.54, 1.807) is 0 Å². The highest BCUT2D eigenvalue weighted by Gasteiger charge is 2.19. The summed E-state index contributed by atoms with van der Waals surface area (Å²) in [5.74, 6) is -0.880. The Labute approximate surface area is 409 Å². The molecule has 0 aromatic rings. The number of hydrogen-bond acceptors (Lipinski definition) is 6. The van der Waals surface area contributed by atoms with Crippen LogP contribution in [0, 0.1) is 0 Å². The van der Waals surface area contributed by atoms with Gasteiger partial charge < -0.3 is 14.2 Å². The molecule has 0 saturated heterocycles. The zero-order chi connectivity index (χ0) is 47.9. The van der Waals surface area contributed by atoms with Crippen LogP contribution in [0.1, 0.15) is 297 Å². The van der Waals surface area contributed by atoms with Gasteiger partial charge in [0.2, 0.25) is 0 Å². The third-order valence-corrected chi connectivity index (χ3v) is 12.6. The molecular weight excluding hydrogens is 817 g/mol. The molecule has 1 unspecified atom stereocenters. The van der Waals surface area contributed by atoms with Gasteiger partial charge in [0.15, 0.2) is 6.10 Å². The van der Waals surface area contributed by atoms with E-state index < -0.39 is 6.10 Å².